The molecule has 0 bridgehead atoms. The highest BCUT2D eigenvalue weighted by atomic mass is 32.1. The molecule has 0 spiro atoms. The summed E-state index contributed by atoms with van der Waals surface area (Å²) in [5.74, 6) is -0.327. The Hall–Kier alpha value is -3.30. The van der Waals surface area contributed by atoms with E-state index in [9.17, 15) is 14.0 Å². The molecular weight excluding hydrogens is 461 g/mol. The molecule has 0 saturated carbocycles. The van der Waals surface area contributed by atoms with Crippen LogP contribution < -0.4 is 15.0 Å². The fraction of sp³-hybridized carbons (Fsp3) is 0.208. The fourth-order valence-corrected chi connectivity index (χ4v) is 4.77. The smallest absolute Gasteiger partial charge is 0.256 e. The van der Waals surface area contributed by atoms with Crippen molar-refractivity contribution in [2.24, 2.45) is 0 Å². The SMILES string of the molecule is COc1ccc(N2C(=O)[C@@H](CC(=O)Nc3ccc(F)cc3)N(CCc3cccs3)C2=S)cc1. The van der Waals surface area contributed by atoms with E-state index in [0.29, 0.717) is 35.2 Å². The molecule has 1 N–H and O–H groups in total. The lowest BCUT2D eigenvalue weighted by Crippen LogP contribution is -2.39. The number of hydrogen-bond acceptors (Lipinski definition) is 5. The molecule has 1 aromatic heterocycles. The normalized spacial score (nSPS) is 15.8. The lowest BCUT2D eigenvalue weighted by Gasteiger charge is -2.23. The highest BCUT2D eigenvalue weighted by molar-refractivity contribution is 7.80. The van der Waals surface area contributed by atoms with Gasteiger partial charge in [0, 0.05) is 17.1 Å². The molecule has 0 aliphatic carbocycles. The quantitative estimate of drug-likeness (QED) is 0.479. The molecule has 2 heterocycles. The van der Waals surface area contributed by atoms with Gasteiger partial charge >= 0.3 is 0 Å². The van der Waals surface area contributed by atoms with Crippen molar-refractivity contribution in [3.05, 3.63) is 76.7 Å². The summed E-state index contributed by atoms with van der Waals surface area (Å²) in [6, 6.07) is 15.8. The van der Waals surface area contributed by atoms with Gasteiger partial charge in [-0.15, -0.1) is 11.3 Å². The number of nitrogens with zero attached hydrogens (tertiary/aromatic N) is 2. The standard InChI is InChI=1S/C24H22FN3O3S2/c1-31-19-10-8-18(9-11-19)28-23(30)21(15-22(29)26-17-6-4-16(25)5-7-17)27(24(28)32)13-12-20-3-2-14-33-20/h2-11,14,21H,12-13,15H2,1H3,(H,26,29)/t21-/m1/s1. The first-order valence-corrected chi connectivity index (χ1v) is 11.6. The molecule has 2 amide bonds. The fourth-order valence-electron chi connectivity index (χ4n) is 3.66. The number of methoxy groups -OCH3 is 1. The first-order chi connectivity index (χ1) is 16.0. The molecule has 1 saturated heterocycles. The highest BCUT2D eigenvalue weighted by Crippen LogP contribution is 2.29. The van der Waals surface area contributed by atoms with Gasteiger partial charge in [0.15, 0.2) is 5.11 Å². The van der Waals surface area contributed by atoms with Crippen molar-refractivity contribution in [3.63, 3.8) is 0 Å². The third kappa shape index (κ3) is 5.20. The average Bonchev–Trinajstić information content (AvgIpc) is 3.41. The molecule has 1 fully saturated rings. The average molecular weight is 484 g/mol. The predicted molar refractivity (Wildman–Crippen MR) is 131 cm³/mol. The number of thiophene rings is 1. The molecule has 33 heavy (non-hydrogen) atoms. The van der Waals surface area contributed by atoms with Crippen LogP contribution >= 0.6 is 23.6 Å². The zero-order valence-electron chi connectivity index (χ0n) is 17.9. The molecule has 9 heteroatoms. The highest BCUT2D eigenvalue weighted by Gasteiger charge is 2.43. The Morgan fingerprint density at radius 1 is 1.15 bits per heavy atom. The third-order valence-corrected chi connectivity index (χ3v) is 6.69. The van der Waals surface area contributed by atoms with Gasteiger partial charge in [0.05, 0.1) is 19.2 Å². The van der Waals surface area contributed by atoms with Gasteiger partial charge < -0.3 is 15.0 Å². The third-order valence-electron chi connectivity index (χ3n) is 5.34. The van der Waals surface area contributed by atoms with Crippen LogP contribution in [0.3, 0.4) is 0 Å². The summed E-state index contributed by atoms with van der Waals surface area (Å²) in [4.78, 5) is 30.6. The maximum Gasteiger partial charge on any atom is 0.256 e. The molecule has 3 aromatic rings. The lowest BCUT2D eigenvalue weighted by atomic mass is 10.1. The van der Waals surface area contributed by atoms with Crippen LogP contribution in [0.1, 0.15) is 11.3 Å². The number of ether oxygens (including phenoxy) is 1. The van der Waals surface area contributed by atoms with Crippen molar-refractivity contribution >= 4 is 51.9 Å². The van der Waals surface area contributed by atoms with E-state index in [4.69, 9.17) is 17.0 Å². The summed E-state index contributed by atoms with van der Waals surface area (Å²) in [5.41, 5.74) is 1.08. The summed E-state index contributed by atoms with van der Waals surface area (Å²) < 4.78 is 18.4. The van der Waals surface area contributed by atoms with Crippen molar-refractivity contribution in [3.8, 4) is 5.75 Å². The van der Waals surface area contributed by atoms with Gasteiger partial charge in [0.2, 0.25) is 5.91 Å². The molecule has 0 radical (unpaired) electrons. The van der Waals surface area contributed by atoms with Gasteiger partial charge in [-0.2, -0.15) is 0 Å². The number of benzene rings is 2. The summed E-state index contributed by atoms with van der Waals surface area (Å²) in [6.45, 7) is 0.506. The number of amides is 2. The molecule has 1 aliphatic heterocycles. The van der Waals surface area contributed by atoms with Crippen molar-refractivity contribution in [2.75, 3.05) is 23.9 Å². The Bertz CT molecular complexity index is 1130. The first kappa shape index (κ1) is 22.9. The Morgan fingerprint density at radius 2 is 1.88 bits per heavy atom. The van der Waals surface area contributed by atoms with Crippen molar-refractivity contribution in [1.82, 2.24) is 4.90 Å². The van der Waals surface area contributed by atoms with Gasteiger partial charge in [-0.1, -0.05) is 6.07 Å². The van der Waals surface area contributed by atoms with Crippen LogP contribution in [0.2, 0.25) is 0 Å². The van der Waals surface area contributed by atoms with E-state index in [1.165, 1.54) is 34.0 Å². The molecular formula is C24H22FN3O3S2. The van der Waals surface area contributed by atoms with E-state index in [1.807, 2.05) is 22.4 Å². The second-order valence-corrected chi connectivity index (χ2v) is 8.85. The Labute approximate surface area is 200 Å². The summed E-state index contributed by atoms with van der Waals surface area (Å²) in [5, 5.41) is 5.09. The zero-order valence-corrected chi connectivity index (χ0v) is 19.5. The van der Waals surface area contributed by atoms with E-state index in [2.05, 4.69) is 5.32 Å². The summed E-state index contributed by atoms with van der Waals surface area (Å²) in [6.07, 6.45) is 0.630. The van der Waals surface area contributed by atoms with Crippen molar-refractivity contribution in [1.29, 1.82) is 0 Å². The Morgan fingerprint density at radius 3 is 2.52 bits per heavy atom. The summed E-state index contributed by atoms with van der Waals surface area (Å²) >= 11 is 7.32. The molecule has 0 unspecified atom stereocenters. The lowest BCUT2D eigenvalue weighted by molar-refractivity contribution is -0.124. The van der Waals surface area contributed by atoms with Crippen LogP contribution in [-0.2, 0) is 16.0 Å². The second kappa shape index (κ2) is 10.1. The predicted octanol–water partition coefficient (Wildman–Crippen LogP) is 4.47. The van der Waals surface area contributed by atoms with Crippen LogP contribution in [0.5, 0.6) is 5.75 Å². The number of halogens is 1. The number of carbonyl (C=O) groups is 2. The maximum absolute atomic E-state index is 13.4. The van der Waals surface area contributed by atoms with E-state index < -0.39 is 6.04 Å². The molecule has 4 rings (SSSR count). The number of anilines is 2. The first-order valence-electron chi connectivity index (χ1n) is 10.3. The van der Waals surface area contributed by atoms with E-state index >= 15 is 0 Å². The second-order valence-electron chi connectivity index (χ2n) is 7.45. The van der Waals surface area contributed by atoms with Crippen molar-refractivity contribution in [2.45, 2.75) is 18.9 Å². The van der Waals surface area contributed by atoms with Gasteiger partial charge in [0.1, 0.15) is 17.6 Å². The zero-order chi connectivity index (χ0) is 23.4. The van der Waals surface area contributed by atoms with Crippen LogP contribution in [0.15, 0.2) is 66.0 Å². The summed E-state index contributed by atoms with van der Waals surface area (Å²) in [7, 11) is 1.57. The van der Waals surface area contributed by atoms with Crippen LogP contribution in [0.4, 0.5) is 15.8 Å². The van der Waals surface area contributed by atoms with E-state index in [-0.39, 0.29) is 24.1 Å². The van der Waals surface area contributed by atoms with E-state index in [0.717, 1.165) is 0 Å². The number of thiocarbonyl (C=S) groups is 1. The van der Waals surface area contributed by atoms with Gasteiger partial charge in [0.25, 0.3) is 5.91 Å². The number of rotatable bonds is 8. The molecule has 2 aromatic carbocycles. The van der Waals surface area contributed by atoms with Gasteiger partial charge in [-0.3, -0.25) is 14.5 Å². The minimum atomic E-state index is -0.736. The number of nitrogens with one attached hydrogen (secondary N) is 1. The monoisotopic (exact) mass is 483 g/mol. The van der Waals surface area contributed by atoms with E-state index in [1.54, 1.807) is 42.7 Å². The maximum atomic E-state index is 13.4. The number of carbonyl (C=O) groups excluding carboxylic acids is 2. The number of hydrogen-bond donors (Lipinski definition) is 1. The molecule has 170 valence electrons. The van der Waals surface area contributed by atoms with Crippen molar-refractivity contribution < 1.29 is 18.7 Å². The Kier molecular flexibility index (Phi) is 7.00. The minimum Gasteiger partial charge on any atom is -0.497 e. The molecule has 1 aliphatic rings. The topological polar surface area (TPSA) is 61.9 Å². The molecule has 6 nitrogen and oxygen atoms in total. The Balaban J connectivity index is 1.54. The van der Waals surface area contributed by atoms with Crippen LogP contribution in [0, 0.1) is 5.82 Å². The minimum absolute atomic E-state index is 0.0759. The largest absolute Gasteiger partial charge is 0.497 e. The van der Waals surface area contributed by atoms with Crippen LogP contribution in [-0.4, -0.2) is 41.5 Å². The molecule has 1 atom stereocenters. The van der Waals surface area contributed by atoms with Crippen LogP contribution in [0.25, 0.3) is 0 Å². The van der Waals surface area contributed by atoms with Gasteiger partial charge in [-0.05, 0) is 78.6 Å². The van der Waals surface area contributed by atoms with Gasteiger partial charge in [-0.25, -0.2) is 4.39 Å².